The number of hydrogen-bond acceptors (Lipinski definition) is 3. The van der Waals surface area contributed by atoms with Gasteiger partial charge in [0.25, 0.3) is 5.91 Å². The van der Waals surface area contributed by atoms with Crippen molar-refractivity contribution in [1.82, 2.24) is 15.1 Å². The van der Waals surface area contributed by atoms with Gasteiger partial charge in [-0.3, -0.25) is 9.69 Å². The van der Waals surface area contributed by atoms with Gasteiger partial charge in [0.2, 0.25) is 0 Å². The predicted molar refractivity (Wildman–Crippen MR) is 91.5 cm³/mol. The van der Waals surface area contributed by atoms with Crippen LogP contribution in [-0.2, 0) is 0 Å². The molecular formula is C17H24ClF2N3O. The highest BCUT2D eigenvalue weighted by atomic mass is 35.5. The van der Waals surface area contributed by atoms with E-state index in [1.54, 1.807) is 4.90 Å². The number of nitrogens with one attached hydrogen (secondary N) is 1. The number of carbonyl (C=O) groups is 1. The van der Waals surface area contributed by atoms with E-state index in [0.717, 1.165) is 50.8 Å². The molecule has 2 aliphatic heterocycles. The normalized spacial score (nSPS) is 19.8. The zero-order valence-electron chi connectivity index (χ0n) is 13.6. The number of hydrogen-bond donors (Lipinski definition) is 1. The Morgan fingerprint density at radius 2 is 1.79 bits per heavy atom. The lowest BCUT2D eigenvalue weighted by Gasteiger charge is -2.37. The minimum absolute atomic E-state index is 0. The van der Waals surface area contributed by atoms with Crippen LogP contribution in [0.2, 0.25) is 0 Å². The zero-order chi connectivity index (χ0) is 16.2. The number of benzene rings is 1. The summed E-state index contributed by atoms with van der Waals surface area (Å²) in [5.41, 5.74) is -0.0433. The molecular weight excluding hydrogens is 336 g/mol. The topological polar surface area (TPSA) is 35.6 Å². The first-order chi connectivity index (χ1) is 11.1. The number of amides is 1. The molecule has 1 N–H and O–H groups in total. The van der Waals surface area contributed by atoms with Crippen LogP contribution in [0.1, 0.15) is 23.2 Å². The van der Waals surface area contributed by atoms with E-state index in [1.807, 2.05) is 0 Å². The van der Waals surface area contributed by atoms with Crippen molar-refractivity contribution in [3.05, 3.63) is 35.4 Å². The summed E-state index contributed by atoms with van der Waals surface area (Å²) in [6, 6.07) is 3.12. The number of piperazine rings is 1. The van der Waals surface area contributed by atoms with Gasteiger partial charge in [0, 0.05) is 38.8 Å². The van der Waals surface area contributed by atoms with Crippen molar-refractivity contribution in [2.75, 3.05) is 45.8 Å². The van der Waals surface area contributed by atoms with Crippen LogP contribution in [0.25, 0.3) is 0 Å². The molecule has 0 bridgehead atoms. The molecule has 0 saturated carbocycles. The van der Waals surface area contributed by atoms with Crippen molar-refractivity contribution in [1.29, 1.82) is 0 Å². The SMILES string of the molecule is Cl.O=C(c1ccc(F)cc1F)N1CCN(CC2CCNCC2)CC1. The van der Waals surface area contributed by atoms with Gasteiger partial charge in [0.05, 0.1) is 5.56 Å². The van der Waals surface area contributed by atoms with Crippen LogP contribution in [0.3, 0.4) is 0 Å². The number of carbonyl (C=O) groups excluding carboxylic acids is 1. The average Bonchev–Trinajstić information content (AvgIpc) is 2.56. The van der Waals surface area contributed by atoms with Crippen LogP contribution < -0.4 is 5.32 Å². The van der Waals surface area contributed by atoms with E-state index in [0.29, 0.717) is 13.1 Å². The molecule has 1 aromatic carbocycles. The second kappa shape index (κ2) is 8.74. The Kier molecular flexibility index (Phi) is 6.95. The quantitative estimate of drug-likeness (QED) is 0.898. The fraction of sp³-hybridized carbons (Fsp3) is 0.588. The third-order valence-electron chi connectivity index (χ3n) is 4.80. The number of nitrogens with zero attached hydrogens (tertiary/aromatic N) is 2. The maximum Gasteiger partial charge on any atom is 0.256 e. The van der Waals surface area contributed by atoms with Crippen molar-refractivity contribution in [3.8, 4) is 0 Å². The van der Waals surface area contributed by atoms with Crippen molar-refractivity contribution in [2.45, 2.75) is 12.8 Å². The summed E-state index contributed by atoms with van der Waals surface area (Å²) < 4.78 is 26.7. The zero-order valence-corrected chi connectivity index (χ0v) is 14.5. The number of halogens is 3. The van der Waals surface area contributed by atoms with Gasteiger partial charge in [-0.15, -0.1) is 12.4 Å². The second-order valence-corrected chi connectivity index (χ2v) is 6.41. The molecule has 2 aliphatic rings. The number of piperidine rings is 1. The van der Waals surface area contributed by atoms with Gasteiger partial charge in [-0.1, -0.05) is 0 Å². The fourth-order valence-electron chi connectivity index (χ4n) is 3.40. The Morgan fingerprint density at radius 3 is 2.42 bits per heavy atom. The van der Waals surface area contributed by atoms with E-state index >= 15 is 0 Å². The lowest BCUT2D eigenvalue weighted by atomic mass is 9.97. The molecule has 2 saturated heterocycles. The van der Waals surface area contributed by atoms with Gasteiger partial charge in [-0.2, -0.15) is 0 Å². The lowest BCUT2D eigenvalue weighted by molar-refractivity contribution is 0.0604. The molecule has 0 aromatic heterocycles. The summed E-state index contributed by atoms with van der Waals surface area (Å²) >= 11 is 0. The first kappa shape index (κ1) is 19.1. The summed E-state index contributed by atoms with van der Waals surface area (Å²) in [7, 11) is 0. The standard InChI is InChI=1S/C17H23F2N3O.ClH/c18-14-1-2-15(16(19)11-14)17(23)22-9-7-21(8-10-22)12-13-3-5-20-6-4-13;/h1-2,11,13,20H,3-10,12H2;1H. The Hall–Kier alpha value is -1.24. The van der Waals surface area contributed by atoms with E-state index in [2.05, 4.69) is 10.2 Å². The van der Waals surface area contributed by atoms with E-state index in [-0.39, 0.29) is 23.9 Å². The lowest BCUT2D eigenvalue weighted by Crippen LogP contribution is -2.50. The van der Waals surface area contributed by atoms with E-state index in [1.165, 1.54) is 18.9 Å². The largest absolute Gasteiger partial charge is 0.336 e. The van der Waals surface area contributed by atoms with Crippen LogP contribution in [-0.4, -0.2) is 61.5 Å². The molecule has 1 aromatic rings. The molecule has 4 nitrogen and oxygen atoms in total. The van der Waals surface area contributed by atoms with Crippen molar-refractivity contribution >= 4 is 18.3 Å². The minimum Gasteiger partial charge on any atom is -0.336 e. The Balaban J connectivity index is 0.00000208. The maximum absolute atomic E-state index is 13.7. The fourth-order valence-corrected chi connectivity index (χ4v) is 3.40. The molecule has 1 amide bonds. The van der Waals surface area contributed by atoms with E-state index in [4.69, 9.17) is 0 Å². The first-order valence-electron chi connectivity index (χ1n) is 8.31. The van der Waals surface area contributed by atoms with Crippen molar-refractivity contribution in [3.63, 3.8) is 0 Å². The summed E-state index contributed by atoms with van der Waals surface area (Å²) in [6.45, 7) is 6.09. The third-order valence-corrected chi connectivity index (χ3v) is 4.80. The molecule has 0 aliphatic carbocycles. The summed E-state index contributed by atoms with van der Waals surface area (Å²) in [5, 5.41) is 3.37. The molecule has 7 heteroatoms. The summed E-state index contributed by atoms with van der Waals surface area (Å²) in [4.78, 5) is 16.4. The van der Waals surface area contributed by atoms with Gasteiger partial charge < -0.3 is 10.2 Å². The Morgan fingerprint density at radius 1 is 1.12 bits per heavy atom. The predicted octanol–water partition coefficient (Wildman–Crippen LogP) is 2.14. The van der Waals surface area contributed by atoms with E-state index < -0.39 is 11.6 Å². The van der Waals surface area contributed by atoms with Gasteiger partial charge in [-0.25, -0.2) is 8.78 Å². The van der Waals surface area contributed by atoms with Crippen molar-refractivity contribution in [2.24, 2.45) is 5.92 Å². The van der Waals surface area contributed by atoms with Crippen LogP contribution in [0.5, 0.6) is 0 Å². The summed E-state index contributed by atoms with van der Waals surface area (Å²) in [6.07, 6.45) is 2.42. The van der Waals surface area contributed by atoms with Crippen LogP contribution in [0.4, 0.5) is 8.78 Å². The highest BCUT2D eigenvalue weighted by molar-refractivity contribution is 5.94. The molecule has 3 rings (SSSR count). The van der Waals surface area contributed by atoms with Crippen LogP contribution in [0, 0.1) is 17.6 Å². The molecule has 0 atom stereocenters. The van der Waals surface area contributed by atoms with Crippen LogP contribution in [0.15, 0.2) is 18.2 Å². The smallest absolute Gasteiger partial charge is 0.256 e. The highest BCUT2D eigenvalue weighted by Crippen LogP contribution is 2.17. The second-order valence-electron chi connectivity index (χ2n) is 6.41. The monoisotopic (exact) mass is 359 g/mol. The average molecular weight is 360 g/mol. The molecule has 2 fully saturated rings. The Bertz CT molecular complexity index is 559. The molecule has 0 radical (unpaired) electrons. The number of rotatable bonds is 3. The van der Waals surface area contributed by atoms with Crippen LogP contribution >= 0.6 is 12.4 Å². The van der Waals surface area contributed by atoms with Gasteiger partial charge in [0.1, 0.15) is 11.6 Å². The van der Waals surface area contributed by atoms with Gasteiger partial charge in [0.15, 0.2) is 0 Å². The third kappa shape index (κ3) is 4.65. The molecule has 134 valence electrons. The molecule has 0 unspecified atom stereocenters. The first-order valence-corrected chi connectivity index (χ1v) is 8.31. The maximum atomic E-state index is 13.7. The van der Waals surface area contributed by atoms with E-state index in [9.17, 15) is 13.6 Å². The highest BCUT2D eigenvalue weighted by Gasteiger charge is 2.25. The van der Waals surface area contributed by atoms with Gasteiger partial charge >= 0.3 is 0 Å². The minimum atomic E-state index is -0.785. The molecule has 24 heavy (non-hydrogen) atoms. The Labute approximate surface area is 147 Å². The molecule has 2 heterocycles. The van der Waals surface area contributed by atoms with Gasteiger partial charge in [-0.05, 0) is 44.0 Å². The molecule has 0 spiro atoms. The van der Waals surface area contributed by atoms with Crippen molar-refractivity contribution < 1.29 is 13.6 Å². The summed E-state index contributed by atoms with van der Waals surface area (Å²) in [5.74, 6) is -1.06.